The predicted molar refractivity (Wildman–Crippen MR) is 82.9 cm³/mol. The van der Waals surface area contributed by atoms with Crippen molar-refractivity contribution < 1.29 is 14.3 Å². The highest BCUT2D eigenvalue weighted by atomic mass is 19.1. The minimum Gasteiger partial charge on any atom is -0.478 e. The Bertz CT molecular complexity index is 542. The van der Waals surface area contributed by atoms with Crippen LogP contribution in [-0.2, 0) is 4.79 Å². The third kappa shape index (κ3) is 4.06. The van der Waals surface area contributed by atoms with Crippen molar-refractivity contribution in [1.82, 2.24) is 0 Å². The first kappa shape index (κ1) is 15.5. The Balaban J connectivity index is 2.14. The van der Waals surface area contributed by atoms with E-state index < -0.39 is 5.97 Å². The summed E-state index contributed by atoms with van der Waals surface area (Å²) >= 11 is 0. The molecule has 1 fully saturated rings. The lowest BCUT2D eigenvalue weighted by Crippen LogP contribution is -2.36. The molecular weight excluding hydrogens is 269 g/mol. The summed E-state index contributed by atoms with van der Waals surface area (Å²) in [5.74, 6) is -0.650. The minimum atomic E-state index is -1.03. The van der Waals surface area contributed by atoms with Gasteiger partial charge in [0.1, 0.15) is 5.82 Å². The molecule has 0 heterocycles. The zero-order valence-corrected chi connectivity index (χ0v) is 12.6. The van der Waals surface area contributed by atoms with E-state index in [0.717, 1.165) is 18.9 Å². The second-order valence-corrected chi connectivity index (χ2v) is 5.92. The highest BCUT2D eigenvalue weighted by molar-refractivity contribution is 5.85. The van der Waals surface area contributed by atoms with Crippen molar-refractivity contribution in [3.05, 3.63) is 35.7 Å². The Morgan fingerprint density at radius 2 is 2.19 bits per heavy atom. The van der Waals surface area contributed by atoms with Crippen LogP contribution < -0.4 is 4.90 Å². The van der Waals surface area contributed by atoms with Crippen LogP contribution in [0, 0.1) is 11.7 Å². The largest absolute Gasteiger partial charge is 0.478 e. The molecule has 0 aliphatic heterocycles. The van der Waals surface area contributed by atoms with Crippen LogP contribution in [0.1, 0.15) is 38.2 Å². The standard InChI is InChI=1S/C17H22FNO2/c1-12-4-3-5-14(10-12)19(2)16-8-6-13(11-15(16)18)7-9-17(20)21/h6-9,11-12,14H,3-5,10H2,1-2H3,(H,20,21). The van der Waals surface area contributed by atoms with Crippen LogP contribution in [0.2, 0.25) is 0 Å². The van der Waals surface area contributed by atoms with Crippen molar-refractivity contribution in [1.29, 1.82) is 0 Å². The first-order chi connectivity index (χ1) is 9.97. The number of carboxylic acids is 1. The molecule has 1 aliphatic carbocycles. The van der Waals surface area contributed by atoms with Gasteiger partial charge in [-0.1, -0.05) is 25.8 Å². The maximum absolute atomic E-state index is 14.3. The maximum atomic E-state index is 14.3. The van der Waals surface area contributed by atoms with Gasteiger partial charge in [0.25, 0.3) is 0 Å². The minimum absolute atomic E-state index is 0.303. The summed E-state index contributed by atoms with van der Waals surface area (Å²) in [7, 11) is 1.94. The number of hydrogen-bond donors (Lipinski definition) is 1. The van der Waals surface area contributed by atoms with E-state index >= 15 is 0 Å². The summed E-state index contributed by atoms with van der Waals surface area (Å²) in [5, 5.41) is 8.59. The van der Waals surface area contributed by atoms with Gasteiger partial charge in [-0.2, -0.15) is 0 Å². The second kappa shape index (κ2) is 6.74. The van der Waals surface area contributed by atoms with E-state index in [0.29, 0.717) is 23.2 Å². The average Bonchev–Trinajstić information content (AvgIpc) is 2.44. The van der Waals surface area contributed by atoms with Crippen molar-refractivity contribution in [2.75, 3.05) is 11.9 Å². The zero-order chi connectivity index (χ0) is 15.4. The molecule has 1 saturated carbocycles. The van der Waals surface area contributed by atoms with Gasteiger partial charge in [0.05, 0.1) is 5.69 Å². The molecule has 2 rings (SSSR count). The lowest BCUT2D eigenvalue weighted by molar-refractivity contribution is -0.131. The second-order valence-electron chi connectivity index (χ2n) is 5.92. The normalized spacial score (nSPS) is 22.4. The van der Waals surface area contributed by atoms with Gasteiger partial charge in [-0.3, -0.25) is 0 Å². The van der Waals surface area contributed by atoms with Crippen LogP contribution in [0.4, 0.5) is 10.1 Å². The number of carboxylic acid groups (broad SMARTS) is 1. The first-order valence-electron chi connectivity index (χ1n) is 7.40. The van der Waals surface area contributed by atoms with Crippen molar-refractivity contribution in [3.8, 4) is 0 Å². The molecule has 1 N–H and O–H groups in total. The monoisotopic (exact) mass is 291 g/mol. The van der Waals surface area contributed by atoms with Gasteiger partial charge in [0, 0.05) is 19.2 Å². The summed E-state index contributed by atoms with van der Waals surface area (Å²) in [5.41, 5.74) is 1.14. The topological polar surface area (TPSA) is 40.5 Å². The van der Waals surface area contributed by atoms with Crippen LogP contribution in [0.3, 0.4) is 0 Å². The van der Waals surface area contributed by atoms with Gasteiger partial charge in [-0.25, -0.2) is 9.18 Å². The quantitative estimate of drug-likeness (QED) is 0.854. The number of benzene rings is 1. The Kier molecular flexibility index (Phi) is 4.99. The summed E-state index contributed by atoms with van der Waals surface area (Å²) in [6.45, 7) is 2.25. The van der Waals surface area contributed by atoms with E-state index in [4.69, 9.17) is 5.11 Å². The van der Waals surface area contributed by atoms with Crippen molar-refractivity contribution in [2.24, 2.45) is 5.92 Å². The number of carbonyl (C=O) groups is 1. The van der Waals surface area contributed by atoms with Crippen LogP contribution in [0.15, 0.2) is 24.3 Å². The third-order valence-electron chi connectivity index (χ3n) is 4.23. The fraction of sp³-hybridized carbons (Fsp3) is 0.471. The lowest BCUT2D eigenvalue weighted by atomic mass is 9.86. The smallest absolute Gasteiger partial charge is 0.328 e. The molecule has 3 nitrogen and oxygen atoms in total. The van der Waals surface area contributed by atoms with E-state index in [2.05, 4.69) is 6.92 Å². The molecular formula is C17H22FNO2. The number of hydrogen-bond acceptors (Lipinski definition) is 2. The van der Waals surface area contributed by atoms with Gasteiger partial charge in [-0.05, 0) is 42.5 Å². The molecule has 1 aromatic carbocycles. The van der Waals surface area contributed by atoms with Crippen molar-refractivity contribution in [2.45, 2.75) is 38.6 Å². The van der Waals surface area contributed by atoms with Gasteiger partial charge < -0.3 is 10.0 Å². The molecule has 2 atom stereocenters. The molecule has 1 aromatic rings. The molecule has 0 radical (unpaired) electrons. The van der Waals surface area contributed by atoms with Crippen LogP contribution >= 0.6 is 0 Å². The van der Waals surface area contributed by atoms with E-state index in [-0.39, 0.29) is 5.82 Å². The number of rotatable bonds is 4. The van der Waals surface area contributed by atoms with Gasteiger partial charge in [-0.15, -0.1) is 0 Å². The highest BCUT2D eigenvalue weighted by Crippen LogP contribution is 2.31. The van der Waals surface area contributed by atoms with Crippen LogP contribution in [-0.4, -0.2) is 24.2 Å². The number of anilines is 1. The molecule has 0 spiro atoms. The van der Waals surface area contributed by atoms with E-state index in [1.165, 1.54) is 25.0 Å². The summed E-state index contributed by atoms with van der Waals surface area (Å²) in [4.78, 5) is 12.5. The Labute approximate surface area is 125 Å². The molecule has 4 heteroatoms. The number of halogens is 1. The molecule has 0 aromatic heterocycles. The molecule has 114 valence electrons. The maximum Gasteiger partial charge on any atom is 0.328 e. The van der Waals surface area contributed by atoms with Crippen LogP contribution in [0.25, 0.3) is 6.08 Å². The molecule has 21 heavy (non-hydrogen) atoms. The molecule has 1 aliphatic rings. The Morgan fingerprint density at radius 1 is 1.43 bits per heavy atom. The summed E-state index contributed by atoms with van der Waals surface area (Å²) in [6.07, 6.45) is 7.05. The zero-order valence-electron chi connectivity index (χ0n) is 12.6. The van der Waals surface area contributed by atoms with Gasteiger partial charge >= 0.3 is 5.97 Å². The van der Waals surface area contributed by atoms with E-state index in [1.54, 1.807) is 12.1 Å². The third-order valence-corrected chi connectivity index (χ3v) is 4.23. The fourth-order valence-corrected chi connectivity index (χ4v) is 3.03. The van der Waals surface area contributed by atoms with Gasteiger partial charge in [0.15, 0.2) is 0 Å². The molecule has 0 amide bonds. The summed E-state index contributed by atoms with van der Waals surface area (Å²) < 4.78 is 14.3. The van der Waals surface area contributed by atoms with Crippen molar-refractivity contribution in [3.63, 3.8) is 0 Å². The Morgan fingerprint density at radius 3 is 2.81 bits per heavy atom. The van der Waals surface area contributed by atoms with Gasteiger partial charge in [0.2, 0.25) is 0 Å². The number of nitrogens with zero attached hydrogens (tertiary/aromatic N) is 1. The van der Waals surface area contributed by atoms with E-state index in [1.807, 2.05) is 11.9 Å². The first-order valence-corrected chi connectivity index (χ1v) is 7.40. The van der Waals surface area contributed by atoms with E-state index in [9.17, 15) is 9.18 Å². The fourth-order valence-electron chi connectivity index (χ4n) is 3.03. The SMILES string of the molecule is CC1CCCC(N(C)c2ccc(C=CC(=O)O)cc2F)C1. The lowest BCUT2D eigenvalue weighted by Gasteiger charge is -2.35. The molecule has 0 saturated heterocycles. The molecule has 0 bridgehead atoms. The highest BCUT2D eigenvalue weighted by Gasteiger charge is 2.23. The predicted octanol–water partition coefficient (Wildman–Crippen LogP) is 3.94. The van der Waals surface area contributed by atoms with Crippen LogP contribution in [0.5, 0.6) is 0 Å². The van der Waals surface area contributed by atoms with Crippen molar-refractivity contribution >= 4 is 17.7 Å². The molecule has 2 unspecified atom stereocenters. The average molecular weight is 291 g/mol. The Hall–Kier alpha value is -1.84. The number of aliphatic carboxylic acids is 1. The summed E-state index contributed by atoms with van der Waals surface area (Å²) in [6, 6.07) is 5.25.